The van der Waals surface area contributed by atoms with E-state index in [9.17, 15) is 9.59 Å². The second-order valence-corrected chi connectivity index (χ2v) is 5.51. The summed E-state index contributed by atoms with van der Waals surface area (Å²) in [6.45, 7) is 4.64. The van der Waals surface area contributed by atoms with Crippen LogP contribution in [-0.4, -0.2) is 24.5 Å². The summed E-state index contributed by atoms with van der Waals surface area (Å²) in [7, 11) is 0. The molecule has 0 bridgehead atoms. The molecule has 3 N–H and O–H groups in total. The van der Waals surface area contributed by atoms with Crippen LogP contribution in [0.2, 0.25) is 0 Å². The van der Waals surface area contributed by atoms with Gasteiger partial charge in [-0.1, -0.05) is 19.4 Å². The Morgan fingerprint density at radius 3 is 2.71 bits per heavy atom. The molecule has 1 aromatic carbocycles. The number of aryl methyl sites for hydroxylation is 1. The van der Waals surface area contributed by atoms with E-state index < -0.39 is 0 Å². The van der Waals surface area contributed by atoms with Crippen LogP contribution in [-0.2, 0) is 0 Å². The Bertz CT molecular complexity index is 524. The van der Waals surface area contributed by atoms with Crippen molar-refractivity contribution in [2.75, 3.05) is 11.9 Å². The van der Waals surface area contributed by atoms with Gasteiger partial charge < -0.3 is 16.0 Å². The van der Waals surface area contributed by atoms with Gasteiger partial charge in [-0.05, 0) is 43.9 Å². The minimum atomic E-state index is -0.230. The predicted molar refractivity (Wildman–Crippen MR) is 83.6 cm³/mol. The lowest BCUT2D eigenvalue weighted by Gasteiger charge is -2.11. The number of benzene rings is 1. The highest BCUT2D eigenvalue weighted by molar-refractivity contribution is 5.97. The summed E-state index contributed by atoms with van der Waals surface area (Å²) >= 11 is 0. The van der Waals surface area contributed by atoms with Gasteiger partial charge in [0.25, 0.3) is 5.91 Å². The summed E-state index contributed by atoms with van der Waals surface area (Å²) in [6, 6.07) is 5.46. The first-order valence-corrected chi connectivity index (χ1v) is 7.56. The van der Waals surface area contributed by atoms with Crippen LogP contribution < -0.4 is 16.0 Å². The SMILES string of the molecule is CCCCNC(=O)Nc1cc(C(=O)NC2CC2)ccc1C. The van der Waals surface area contributed by atoms with Crippen molar-refractivity contribution in [1.82, 2.24) is 10.6 Å². The van der Waals surface area contributed by atoms with Crippen molar-refractivity contribution in [2.45, 2.75) is 45.6 Å². The maximum absolute atomic E-state index is 12.0. The van der Waals surface area contributed by atoms with Gasteiger partial charge in [0.2, 0.25) is 0 Å². The zero-order valence-corrected chi connectivity index (χ0v) is 12.7. The van der Waals surface area contributed by atoms with Crippen molar-refractivity contribution in [1.29, 1.82) is 0 Å². The number of nitrogens with one attached hydrogen (secondary N) is 3. The zero-order chi connectivity index (χ0) is 15.2. The summed E-state index contributed by atoms with van der Waals surface area (Å²) in [5.74, 6) is -0.0769. The smallest absolute Gasteiger partial charge is 0.319 e. The van der Waals surface area contributed by atoms with Gasteiger partial charge in [-0.2, -0.15) is 0 Å². The van der Waals surface area contributed by atoms with Crippen molar-refractivity contribution in [3.8, 4) is 0 Å². The molecule has 0 aliphatic heterocycles. The van der Waals surface area contributed by atoms with Crippen LogP contribution in [0.1, 0.15) is 48.5 Å². The summed E-state index contributed by atoms with van der Waals surface area (Å²) in [4.78, 5) is 23.8. The highest BCUT2D eigenvalue weighted by atomic mass is 16.2. The van der Waals surface area contributed by atoms with Crippen molar-refractivity contribution in [3.05, 3.63) is 29.3 Å². The number of hydrogen-bond acceptors (Lipinski definition) is 2. The molecule has 21 heavy (non-hydrogen) atoms. The number of urea groups is 1. The Hall–Kier alpha value is -2.04. The summed E-state index contributed by atoms with van der Waals surface area (Å²) < 4.78 is 0. The van der Waals surface area contributed by atoms with E-state index >= 15 is 0 Å². The van der Waals surface area contributed by atoms with Gasteiger partial charge in [0.1, 0.15) is 0 Å². The lowest BCUT2D eigenvalue weighted by molar-refractivity contribution is 0.0951. The van der Waals surface area contributed by atoms with E-state index in [1.54, 1.807) is 12.1 Å². The molecule has 0 heterocycles. The first kappa shape index (κ1) is 15.4. The number of hydrogen-bond donors (Lipinski definition) is 3. The molecule has 0 atom stereocenters. The maximum atomic E-state index is 12.0. The van der Waals surface area contributed by atoms with Crippen molar-refractivity contribution in [2.24, 2.45) is 0 Å². The molecule has 3 amide bonds. The van der Waals surface area contributed by atoms with Gasteiger partial charge in [0.15, 0.2) is 0 Å². The highest BCUT2D eigenvalue weighted by Gasteiger charge is 2.24. The predicted octanol–water partition coefficient (Wildman–Crippen LogP) is 2.81. The first-order valence-electron chi connectivity index (χ1n) is 7.56. The molecule has 0 radical (unpaired) electrons. The number of carbonyl (C=O) groups excluding carboxylic acids is 2. The molecule has 2 rings (SSSR count). The largest absolute Gasteiger partial charge is 0.349 e. The Morgan fingerprint density at radius 2 is 2.05 bits per heavy atom. The van der Waals surface area contributed by atoms with Gasteiger partial charge in [-0.25, -0.2) is 4.79 Å². The number of anilines is 1. The van der Waals surface area contributed by atoms with Crippen LogP contribution in [0.15, 0.2) is 18.2 Å². The molecule has 5 heteroatoms. The van der Waals surface area contributed by atoms with E-state index in [0.29, 0.717) is 23.8 Å². The Balaban J connectivity index is 1.97. The fraction of sp³-hybridized carbons (Fsp3) is 0.500. The number of amides is 3. The van der Waals surface area contributed by atoms with E-state index in [0.717, 1.165) is 31.2 Å². The van der Waals surface area contributed by atoms with Gasteiger partial charge in [-0.15, -0.1) is 0 Å². The molecule has 1 saturated carbocycles. The third kappa shape index (κ3) is 4.77. The summed E-state index contributed by atoms with van der Waals surface area (Å²) in [6.07, 6.45) is 4.11. The topological polar surface area (TPSA) is 70.2 Å². The van der Waals surface area contributed by atoms with Crippen LogP contribution in [0, 0.1) is 6.92 Å². The van der Waals surface area contributed by atoms with E-state index in [-0.39, 0.29) is 11.9 Å². The molecule has 0 aromatic heterocycles. The van der Waals surface area contributed by atoms with E-state index in [1.165, 1.54) is 0 Å². The minimum absolute atomic E-state index is 0.0769. The number of rotatable bonds is 6. The van der Waals surface area contributed by atoms with Crippen LogP contribution in [0.5, 0.6) is 0 Å². The molecule has 5 nitrogen and oxygen atoms in total. The van der Waals surface area contributed by atoms with Crippen LogP contribution in [0.25, 0.3) is 0 Å². The second kappa shape index (κ2) is 7.11. The Kier molecular flexibility index (Phi) is 5.20. The summed E-state index contributed by atoms with van der Waals surface area (Å²) in [5.41, 5.74) is 2.19. The van der Waals surface area contributed by atoms with Crippen LogP contribution >= 0.6 is 0 Å². The van der Waals surface area contributed by atoms with Gasteiger partial charge >= 0.3 is 6.03 Å². The average Bonchev–Trinajstić information content (AvgIpc) is 3.25. The second-order valence-electron chi connectivity index (χ2n) is 5.51. The van der Waals surface area contributed by atoms with E-state index in [2.05, 4.69) is 22.9 Å². The van der Waals surface area contributed by atoms with Gasteiger partial charge in [-0.3, -0.25) is 4.79 Å². The molecule has 1 fully saturated rings. The zero-order valence-electron chi connectivity index (χ0n) is 12.7. The third-order valence-electron chi connectivity index (χ3n) is 3.48. The monoisotopic (exact) mass is 289 g/mol. The maximum Gasteiger partial charge on any atom is 0.319 e. The van der Waals surface area contributed by atoms with Crippen molar-refractivity contribution >= 4 is 17.6 Å². The minimum Gasteiger partial charge on any atom is -0.349 e. The fourth-order valence-corrected chi connectivity index (χ4v) is 1.94. The normalized spacial score (nSPS) is 13.6. The van der Waals surface area contributed by atoms with Gasteiger partial charge in [0, 0.05) is 23.8 Å². The standard InChI is InChI=1S/C16H23N3O2/c1-3-4-9-17-16(21)19-14-10-12(6-5-11(14)2)15(20)18-13-7-8-13/h5-6,10,13H,3-4,7-9H2,1-2H3,(H,18,20)(H2,17,19,21). The van der Waals surface area contributed by atoms with Crippen molar-refractivity contribution < 1.29 is 9.59 Å². The molecule has 1 aliphatic rings. The van der Waals surface area contributed by atoms with Crippen LogP contribution in [0.3, 0.4) is 0 Å². The molecule has 0 spiro atoms. The molecule has 0 unspecified atom stereocenters. The van der Waals surface area contributed by atoms with E-state index in [1.807, 2.05) is 13.0 Å². The molecular weight excluding hydrogens is 266 g/mol. The molecular formula is C16H23N3O2. The quantitative estimate of drug-likeness (QED) is 0.705. The molecule has 0 saturated heterocycles. The molecule has 1 aromatic rings. The third-order valence-corrected chi connectivity index (χ3v) is 3.48. The van der Waals surface area contributed by atoms with Crippen molar-refractivity contribution in [3.63, 3.8) is 0 Å². The number of unbranched alkanes of at least 4 members (excludes halogenated alkanes) is 1. The lowest BCUT2D eigenvalue weighted by Crippen LogP contribution is -2.30. The Labute approximate surface area is 125 Å². The highest BCUT2D eigenvalue weighted by Crippen LogP contribution is 2.21. The Morgan fingerprint density at radius 1 is 1.29 bits per heavy atom. The lowest BCUT2D eigenvalue weighted by atomic mass is 10.1. The molecule has 1 aliphatic carbocycles. The first-order chi connectivity index (χ1) is 10.1. The number of carbonyl (C=O) groups is 2. The summed E-state index contributed by atoms with van der Waals surface area (Å²) in [5, 5.41) is 8.55. The van der Waals surface area contributed by atoms with Crippen LogP contribution in [0.4, 0.5) is 10.5 Å². The average molecular weight is 289 g/mol. The van der Waals surface area contributed by atoms with Gasteiger partial charge in [0.05, 0.1) is 0 Å². The fourth-order valence-electron chi connectivity index (χ4n) is 1.94. The molecule has 114 valence electrons. The van der Waals surface area contributed by atoms with E-state index in [4.69, 9.17) is 0 Å².